The molecular formula is C8H5ClF3NO2. The van der Waals surface area contributed by atoms with Crippen LogP contribution in [0, 0.1) is 5.95 Å². The first kappa shape index (κ1) is 11.8. The molecule has 1 heterocycles. The Hall–Kier alpha value is -1.30. The normalized spacial score (nSPS) is 10.5. The molecule has 0 aliphatic heterocycles. The fourth-order valence-corrected chi connectivity index (χ4v) is 1.08. The van der Waals surface area contributed by atoms with Gasteiger partial charge >= 0.3 is 0 Å². The molecule has 0 atom stereocenters. The van der Waals surface area contributed by atoms with Gasteiger partial charge in [0, 0.05) is 0 Å². The molecule has 7 heteroatoms. The third-order valence-corrected chi connectivity index (χ3v) is 1.81. The molecule has 0 amide bonds. The maximum absolute atomic E-state index is 12.9. The Morgan fingerprint density at radius 2 is 2.20 bits per heavy atom. The maximum atomic E-state index is 12.9. The van der Waals surface area contributed by atoms with Gasteiger partial charge in [0.25, 0.3) is 11.7 Å². The van der Waals surface area contributed by atoms with Crippen LogP contribution in [0.5, 0.6) is 5.88 Å². The molecule has 82 valence electrons. The van der Waals surface area contributed by atoms with Crippen LogP contribution >= 0.6 is 11.6 Å². The van der Waals surface area contributed by atoms with E-state index in [9.17, 15) is 18.0 Å². The molecule has 15 heavy (non-hydrogen) atoms. The maximum Gasteiger partial charge on any atom is 0.268 e. The number of rotatable bonds is 3. The fraction of sp³-hybridized carbons (Fsp3) is 0.250. The largest absolute Gasteiger partial charge is 0.480 e. The summed E-state index contributed by atoms with van der Waals surface area (Å²) in [6, 6.07) is 0.626. The number of aromatic nitrogens is 1. The average Bonchev–Trinajstić information content (AvgIpc) is 2.16. The molecule has 0 N–H and O–H groups in total. The van der Waals surface area contributed by atoms with Crippen molar-refractivity contribution in [3.63, 3.8) is 0 Å². The molecule has 0 saturated heterocycles. The van der Waals surface area contributed by atoms with Crippen LogP contribution in [0.25, 0.3) is 0 Å². The van der Waals surface area contributed by atoms with E-state index >= 15 is 0 Å². The van der Waals surface area contributed by atoms with Crippen LogP contribution < -0.4 is 4.74 Å². The van der Waals surface area contributed by atoms with Crippen molar-refractivity contribution in [2.75, 3.05) is 7.11 Å². The molecule has 0 aliphatic rings. The minimum atomic E-state index is -3.07. The summed E-state index contributed by atoms with van der Waals surface area (Å²) >= 11 is 5.09. The summed E-state index contributed by atoms with van der Waals surface area (Å²) in [5, 5.41) is -1.04. The van der Waals surface area contributed by atoms with Gasteiger partial charge in [-0.15, -0.1) is 0 Å². The Kier molecular flexibility index (Phi) is 3.52. The molecular weight excluding hydrogens is 235 g/mol. The lowest BCUT2D eigenvalue weighted by Gasteiger charge is -2.07. The van der Waals surface area contributed by atoms with Crippen molar-refractivity contribution in [3.05, 3.63) is 23.1 Å². The topological polar surface area (TPSA) is 39.2 Å². The molecule has 0 unspecified atom stereocenters. The van der Waals surface area contributed by atoms with Crippen LogP contribution in [-0.4, -0.2) is 17.3 Å². The third kappa shape index (κ3) is 2.38. The number of carbonyl (C=O) groups is 1. The fourth-order valence-electron chi connectivity index (χ4n) is 0.940. The Labute approximate surface area is 87.8 Å². The zero-order valence-corrected chi connectivity index (χ0v) is 8.19. The van der Waals surface area contributed by atoms with Gasteiger partial charge in [-0.05, 0) is 17.7 Å². The van der Waals surface area contributed by atoms with Crippen LogP contribution in [0.4, 0.5) is 13.2 Å². The first-order valence-corrected chi connectivity index (χ1v) is 4.07. The number of nitrogens with zero attached hydrogens (tertiary/aromatic N) is 1. The van der Waals surface area contributed by atoms with Crippen molar-refractivity contribution in [1.29, 1.82) is 0 Å². The van der Waals surface area contributed by atoms with E-state index in [0.29, 0.717) is 6.07 Å². The molecule has 1 rings (SSSR count). The van der Waals surface area contributed by atoms with E-state index in [2.05, 4.69) is 9.72 Å². The molecule has 0 bridgehead atoms. The van der Waals surface area contributed by atoms with Crippen molar-refractivity contribution in [2.24, 2.45) is 0 Å². The highest BCUT2D eigenvalue weighted by Crippen LogP contribution is 2.27. The van der Waals surface area contributed by atoms with Gasteiger partial charge in [-0.25, -0.2) is 8.78 Å². The standard InChI is InChI=1S/C8H5ClF3NO2/c1-15-8-3(5(9)14)2-4(6(10)11)7(12)13-8/h2,6H,1H3. The van der Waals surface area contributed by atoms with Gasteiger partial charge < -0.3 is 4.74 Å². The number of hydrogen-bond donors (Lipinski definition) is 0. The molecule has 0 spiro atoms. The monoisotopic (exact) mass is 239 g/mol. The summed E-state index contributed by atoms with van der Waals surface area (Å²) in [6.07, 6.45) is -3.07. The molecule has 0 radical (unpaired) electrons. The van der Waals surface area contributed by atoms with Crippen molar-refractivity contribution in [2.45, 2.75) is 6.43 Å². The molecule has 0 saturated carbocycles. The highest BCUT2D eigenvalue weighted by atomic mass is 35.5. The number of hydrogen-bond acceptors (Lipinski definition) is 3. The summed E-state index contributed by atoms with van der Waals surface area (Å²) in [7, 11) is 1.12. The number of alkyl halides is 2. The number of carbonyl (C=O) groups excluding carboxylic acids is 1. The summed E-state index contributed by atoms with van der Waals surface area (Å²) < 4.78 is 41.9. The first-order chi connectivity index (χ1) is 6.97. The summed E-state index contributed by atoms with van der Waals surface area (Å²) in [4.78, 5) is 13.8. The van der Waals surface area contributed by atoms with E-state index in [4.69, 9.17) is 11.6 Å². The molecule has 1 aromatic heterocycles. The lowest BCUT2D eigenvalue weighted by atomic mass is 10.2. The lowest BCUT2D eigenvalue weighted by Crippen LogP contribution is -2.04. The third-order valence-electron chi connectivity index (χ3n) is 1.61. The Bertz CT molecular complexity index is 398. The molecule has 0 aromatic carbocycles. The van der Waals surface area contributed by atoms with E-state index in [1.54, 1.807) is 0 Å². The summed E-state index contributed by atoms with van der Waals surface area (Å²) in [6.45, 7) is 0. The van der Waals surface area contributed by atoms with Gasteiger partial charge in [0.1, 0.15) is 0 Å². The number of methoxy groups -OCH3 is 1. The molecule has 0 aliphatic carbocycles. The van der Waals surface area contributed by atoms with Crippen molar-refractivity contribution >= 4 is 16.8 Å². The second kappa shape index (κ2) is 4.48. The summed E-state index contributed by atoms with van der Waals surface area (Å²) in [5.41, 5.74) is -1.38. The minimum Gasteiger partial charge on any atom is -0.480 e. The number of ether oxygens (including phenoxy) is 1. The highest BCUT2D eigenvalue weighted by Gasteiger charge is 2.21. The van der Waals surface area contributed by atoms with Crippen molar-refractivity contribution in [3.8, 4) is 5.88 Å². The van der Waals surface area contributed by atoms with E-state index in [1.807, 2.05) is 0 Å². The quantitative estimate of drug-likeness (QED) is 0.601. The summed E-state index contributed by atoms with van der Waals surface area (Å²) in [5.74, 6) is -1.81. The number of halogens is 4. The Morgan fingerprint density at radius 3 is 2.60 bits per heavy atom. The molecule has 0 fully saturated rings. The lowest BCUT2D eigenvalue weighted by molar-refractivity contribution is 0.107. The number of pyridine rings is 1. The van der Waals surface area contributed by atoms with Gasteiger partial charge in [-0.2, -0.15) is 9.37 Å². The van der Waals surface area contributed by atoms with E-state index in [1.165, 1.54) is 0 Å². The smallest absolute Gasteiger partial charge is 0.268 e. The highest BCUT2D eigenvalue weighted by molar-refractivity contribution is 6.68. The van der Waals surface area contributed by atoms with Crippen molar-refractivity contribution < 1.29 is 22.7 Å². The van der Waals surface area contributed by atoms with Crippen LogP contribution in [0.3, 0.4) is 0 Å². The predicted molar refractivity (Wildman–Crippen MR) is 45.9 cm³/mol. The minimum absolute atomic E-state index is 0.393. The van der Waals surface area contributed by atoms with Crippen LogP contribution in [-0.2, 0) is 0 Å². The van der Waals surface area contributed by atoms with Gasteiger partial charge in [0.05, 0.1) is 18.2 Å². The zero-order valence-electron chi connectivity index (χ0n) is 7.43. The van der Waals surface area contributed by atoms with E-state index in [-0.39, 0.29) is 0 Å². The predicted octanol–water partition coefficient (Wildman–Crippen LogP) is 2.55. The van der Waals surface area contributed by atoms with Crippen molar-refractivity contribution in [1.82, 2.24) is 4.98 Å². The first-order valence-electron chi connectivity index (χ1n) is 3.69. The second-order valence-electron chi connectivity index (χ2n) is 2.50. The van der Waals surface area contributed by atoms with Gasteiger partial charge in [-0.1, -0.05) is 0 Å². The molecule has 3 nitrogen and oxygen atoms in total. The average molecular weight is 240 g/mol. The van der Waals surface area contributed by atoms with Gasteiger partial charge in [0.2, 0.25) is 11.8 Å². The van der Waals surface area contributed by atoms with Crippen LogP contribution in [0.2, 0.25) is 0 Å². The van der Waals surface area contributed by atoms with Gasteiger partial charge in [-0.3, -0.25) is 4.79 Å². The molecule has 1 aromatic rings. The Morgan fingerprint density at radius 1 is 1.60 bits per heavy atom. The van der Waals surface area contributed by atoms with E-state index < -0.39 is 34.6 Å². The zero-order chi connectivity index (χ0) is 11.6. The van der Waals surface area contributed by atoms with Gasteiger partial charge in [0.15, 0.2) is 0 Å². The SMILES string of the molecule is COc1nc(F)c(C(F)F)cc1C(=O)Cl. The second-order valence-corrected chi connectivity index (χ2v) is 2.84. The Balaban J connectivity index is 3.37. The van der Waals surface area contributed by atoms with Crippen LogP contribution in [0.15, 0.2) is 6.07 Å². The van der Waals surface area contributed by atoms with Crippen LogP contribution in [0.1, 0.15) is 22.3 Å². The van der Waals surface area contributed by atoms with E-state index in [0.717, 1.165) is 7.11 Å².